The van der Waals surface area contributed by atoms with Crippen LogP contribution in [-0.4, -0.2) is 25.8 Å². The molecule has 0 aliphatic rings. The molecular weight excluding hydrogens is 449 g/mol. The number of hydrogen-bond acceptors (Lipinski definition) is 8. The predicted molar refractivity (Wildman–Crippen MR) is 110 cm³/mol. The Kier molecular flexibility index (Phi) is 6.15. The van der Waals surface area contributed by atoms with Gasteiger partial charge in [-0.3, -0.25) is 25.7 Å². The van der Waals surface area contributed by atoms with Gasteiger partial charge in [0.25, 0.3) is 5.69 Å². The second-order valence-electron chi connectivity index (χ2n) is 6.56. The minimum Gasteiger partial charge on any atom is -0.508 e. The van der Waals surface area contributed by atoms with Gasteiger partial charge < -0.3 is 10.2 Å². The second-order valence-corrected chi connectivity index (χ2v) is 6.56. The van der Waals surface area contributed by atoms with Gasteiger partial charge in [-0.05, 0) is 54.6 Å². The summed E-state index contributed by atoms with van der Waals surface area (Å²) >= 11 is 0. The Morgan fingerprint density at radius 1 is 0.818 bits per heavy atom. The fraction of sp³-hybridized carbons (Fsp3) is 0.0500. The van der Waals surface area contributed by atoms with Crippen molar-refractivity contribution in [1.29, 1.82) is 0 Å². The van der Waals surface area contributed by atoms with E-state index in [0.717, 1.165) is 0 Å². The maximum atomic E-state index is 13.3. The first kappa shape index (κ1) is 23.0. The molecule has 0 aliphatic heterocycles. The smallest absolute Gasteiger partial charge is 0.423 e. The molecular formula is C20H13F3N4O6. The van der Waals surface area contributed by atoms with E-state index in [1.807, 2.05) is 0 Å². The van der Waals surface area contributed by atoms with E-state index in [-0.39, 0.29) is 29.3 Å². The first-order valence-electron chi connectivity index (χ1n) is 8.94. The summed E-state index contributed by atoms with van der Waals surface area (Å²) in [7, 11) is 0. The van der Waals surface area contributed by atoms with Gasteiger partial charge in [-0.25, -0.2) is 0 Å². The van der Waals surface area contributed by atoms with E-state index in [2.05, 4.69) is 10.5 Å². The number of halogens is 3. The summed E-state index contributed by atoms with van der Waals surface area (Å²) in [6.07, 6.45) is -5.16. The Labute approximate surface area is 182 Å². The summed E-state index contributed by atoms with van der Waals surface area (Å²) in [6, 6.07) is 11.5. The molecule has 0 saturated heterocycles. The van der Waals surface area contributed by atoms with Crippen molar-refractivity contribution in [2.75, 3.05) is 5.43 Å². The lowest BCUT2D eigenvalue weighted by Gasteiger charge is -2.12. The molecule has 0 unspecified atom stereocenters. The molecule has 0 saturated carbocycles. The molecule has 33 heavy (non-hydrogen) atoms. The molecule has 10 nitrogen and oxygen atoms in total. The zero-order chi connectivity index (χ0) is 24.3. The molecule has 0 spiro atoms. The van der Waals surface area contributed by atoms with Crippen molar-refractivity contribution in [3.8, 4) is 11.5 Å². The number of nitro benzene ring substituents is 2. The summed E-state index contributed by atoms with van der Waals surface area (Å²) in [5.74, 6) is -0.143. The van der Waals surface area contributed by atoms with Crippen molar-refractivity contribution in [2.24, 2.45) is 5.10 Å². The van der Waals surface area contributed by atoms with Crippen LogP contribution in [0.1, 0.15) is 16.7 Å². The number of nitro groups is 2. The van der Waals surface area contributed by atoms with Crippen LogP contribution >= 0.6 is 0 Å². The summed E-state index contributed by atoms with van der Waals surface area (Å²) < 4.78 is 40.0. The first-order valence-corrected chi connectivity index (χ1v) is 8.94. The Balaban J connectivity index is 2.17. The zero-order valence-corrected chi connectivity index (χ0v) is 16.3. The Morgan fingerprint density at radius 3 is 1.67 bits per heavy atom. The normalized spacial score (nSPS) is 11.0. The number of anilines is 1. The van der Waals surface area contributed by atoms with E-state index >= 15 is 0 Å². The van der Waals surface area contributed by atoms with E-state index in [1.165, 1.54) is 48.5 Å². The average Bonchev–Trinajstić information content (AvgIpc) is 2.74. The number of rotatable bonds is 6. The molecule has 0 bridgehead atoms. The van der Waals surface area contributed by atoms with Gasteiger partial charge >= 0.3 is 11.9 Å². The van der Waals surface area contributed by atoms with Gasteiger partial charge in [-0.2, -0.15) is 18.3 Å². The highest BCUT2D eigenvalue weighted by atomic mass is 19.4. The highest BCUT2D eigenvalue weighted by molar-refractivity contribution is 6.13. The summed E-state index contributed by atoms with van der Waals surface area (Å²) in [5.41, 5.74) is -1.85. The molecule has 13 heteroatoms. The highest BCUT2D eigenvalue weighted by Gasteiger charge is 2.41. The molecule has 3 N–H and O–H groups in total. The molecule has 0 fully saturated rings. The third kappa shape index (κ3) is 5.15. The standard InChI is InChI=1S/C20H13F3N4O6/c21-20(22,23)15-9-16(18(27(32)33)10-17(15)26(30)31)24-25-19(11-1-5-13(28)6-2-11)12-3-7-14(29)8-4-12/h1-10,24,28-29H. The molecule has 0 heterocycles. The predicted octanol–water partition coefficient (Wildman–Crippen LogP) is 4.80. The fourth-order valence-electron chi connectivity index (χ4n) is 2.85. The van der Waals surface area contributed by atoms with Gasteiger partial charge in [0.05, 0.1) is 21.6 Å². The lowest BCUT2D eigenvalue weighted by Crippen LogP contribution is -2.12. The van der Waals surface area contributed by atoms with E-state index in [1.54, 1.807) is 0 Å². The number of phenols is 2. The van der Waals surface area contributed by atoms with Gasteiger partial charge in [0.1, 0.15) is 22.7 Å². The van der Waals surface area contributed by atoms with E-state index in [9.17, 15) is 43.6 Å². The fourth-order valence-corrected chi connectivity index (χ4v) is 2.85. The first-order chi connectivity index (χ1) is 15.5. The number of nitrogens with zero attached hydrogens (tertiary/aromatic N) is 3. The van der Waals surface area contributed by atoms with Crippen molar-refractivity contribution >= 4 is 22.8 Å². The van der Waals surface area contributed by atoms with Gasteiger partial charge in [0.2, 0.25) is 0 Å². The van der Waals surface area contributed by atoms with Crippen LogP contribution in [-0.2, 0) is 6.18 Å². The Hall–Kier alpha value is -4.68. The number of hydrogen-bond donors (Lipinski definition) is 3. The van der Waals surface area contributed by atoms with Crippen molar-refractivity contribution in [1.82, 2.24) is 0 Å². The van der Waals surface area contributed by atoms with E-state index in [4.69, 9.17) is 0 Å². The topological polar surface area (TPSA) is 151 Å². The van der Waals surface area contributed by atoms with Crippen LogP contribution in [0.2, 0.25) is 0 Å². The van der Waals surface area contributed by atoms with Crippen molar-refractivity contribution in [3.63, 3.8) is 0 Å². The van der Waals surface area contributed by atoms with Crippen LogP contribution in [0.5, 0.6) is 11.5 Å². The zero-order valence-electron chi connectivity index (χ0n) is 16.3. The van der Waals surface area contributed by atoms with Crippen LogP contribution in [0.3, 0.4) is 0 Å². The van der Waals surface area contributed by atoms with E-state index < -0.39 is 38.6 Å². The summed E-state index contributed by atoms with van der Waals surface area (Å²) in [5, 5.41) is 45.4. The van der Waals surface area contributed by atoms with Crippen LogP contribution < -0.4 is 5.43 Å². The third-order valence-electron chi connectivity index (χ3n) is 4.38. The molecule has 0 aliphatic carbocycles. The van der Waals surface area contributed by atoms with Crippen LogP contribution in [0.25, 0.3) is 0 Å². The largest absolute Gasteiger partial charge is 0.508 e. The second kappa shape index (κ2) is 8.82. The van der Waals surface area contributed by atoms with Gasteiger partial charge in [-0.1, -0.05) is 0 Å². The third-order valence-corrected chi connectivity index (χ3v) is 4.38. The number of hydrazone groups is 1. The summed E-state index contributed by atoms with van der Waals surface area (Å²) in [6.45, 7) is 0. The number of alkyl halides is 3. The van der Waals surface area contributed by atoms with Gasteiger partial charge in [-0.15, -0.1) is 0 Å². The Bertz CT molecular complexity index is 1190. The minimum atomic E-state index is -5.16. The SMILES string of the molecule is O=[N+]([O-])c1cc([N+](=O)[O-])c(C(F)(F)F)cc1NN=C(c1ccc(O)cc1)c1ccc(O)cc1. The quantitative estimate of drug-likeness (QED) is 0.270. The average molecular weight is 462 g/mol. The monoisotopic (exact) mass is 462 g/mol. The summed E-state index contributed by atoms with van der Waals surface area (Å²) in [4.78, 5) is 20.0. The highest BCUT2D eigenvalue weighted by Crippen LogP contribution is 2.41. The van der Waals surface area contributed by atoms with Gasteiger partial charge in [0, 0.05) is 11.1 Å². The number of benzene rings is 3. The maximum absolute atomic E-state index is 13.3. The molecule has 3 aromatic carbocycles. The molecule has 0 aromatic heterocycles. The Morgan fingerprint density at radius 2 is 1.27 bits per heavy atom. The molecule has 170 valence electrons. The molecule has 0 atom stereocenters. The van der Waals surface area contributed by atoms with Crippen LogP contribution in [0.4, 0.5) is 30.2 Å². The molecule has 3 aromatic rings. The number of aromatic hydroxyl groups is 2. The lowest BCUT2D eigenvalue weighted by molar-refractivity contribution is -0.395. The van der Waals surface area contributed by atoms with Crippen molar-refractivity contribution in [2.45, 2.75) is 6.18 Å². The minimum absolute atomic E-state index is 0.0717. The maximum Gasteiger partial charge on any atom is 0.423 e. The van der Waals surface area contributed by atoms with Crippen LogP contribution in [0.15, 0.2) is 65.8 Å². The number of phenolic OH excluding ortho intramolecular Hbond substituents is 2. The molecule has 0 amide bonds. The van der Waals surface area contributed by atoms with Crippen LogP contribution in [0, 0.1) is 20.2 Å². The molecule has 3 rings (SSSR count). The van der Waals surface area contributed by atoms with Crippen molar-refractivity contribution < 1.29 is 33.2 Å². The van der Waals surface area contributed by atoms with Gasteiger partial charge in [0.15, 0.2) is 0 Å². The van der Waals surface area contributed by atoms with Crippen molar-refractivity contribution in [3.05, 3.63) is 97.6 Å². The molecule has 0 radical (unpaired) electrons. The lowest BCUT2D eigenvalue weighted by atomic mass is 10.0. The van der Waals surface area contributed by atoms with E-state index in [0.29, 0.717) is 11.1 Å². The number of nitrogens with one attached hydrogen (secondary N) is 1.